The quantitative estimate of drug-likeness (QED) is 0.835. The molecule has 2 aromatic rings. The Bertz CT molecular complexity index is 585. The van der Waals surface area contributed by atoms with Crippen LogP contribution in [0.2, 0.25) is 0 Å². The van der Waals surface area contributed by atoms with Crippen molar-refractivity contribution < 1.29 is 18.7 Å². The molecule has 1 N–H and O–H groups in total. The van der Waals surface area contributed by atoms with Crippen LogP contribution in [0.25, 0.3) is 0 Å². The summed E-state index contributed by atoms with van der Waals surface area (Å²) in [6.45, 7) is -0.368. The third-order valence-electron chi connectivity index (χ3n) is 2.07. The fourth-order valence-corrected chi connectivity index (χ4v) is 2.18. The van der Waals surface area contributed by atoms with Gasteiger partial charge in [-0.1, -0.05) is 11.8 Å². The predicted octanol–water partition coefficient (Wildman–Crippen LogP) is 1.33. The van der Waals surface area contributed by atoms with Crippen LogP contribution in [0.1, 0.15) is 5.56 Å². The van der Waals surface area contributed by atoms with Gasteiger partial charge in [0, 0.05) is 11.8 Å². The number of hydrogen-bond acceptors (Lipinski definition) is 5. The number of aliphatic carboxylic acids is 1. The number of hydrogen-bond donors (Lipinski definition) is 1. The maximum atomic E-state index is 13.0. The summed E-state index contributed by atoms with van der Waals surface area (Å²) in [5.41, 5.74) is 0.423. The number of carboxylic acids is 1. The summed E-state index contributed by atoms with van der Waals surface area (Å²) >= 11 is 1.10. The fraction of sp³-hybridized carbons (Fsp3) is 0.200. The van der Waals surface area contributed by atoms with E-state index in [1.165, 1.54) is 12.1 Å². The molecule has 1 heterocycles. The molecule has 0 aliphatic rings. The summed E-state index contributed by atoms with van der Waals surface area (Å²) in [7, 11) is 0. The summed E-state index contributed by atoms with van der Waals surface area (Å²) in [5.74, 6) is -2.18. The third-order valence-corrected chi connectivity index (χ3v) is 3.10. The van der Waals surface area contributed by atoms with Gasteiger partial charge in [0.1, 0.15) is 18.2 Å². The molecule has 0 bridgehead atoms. The van der Waals surface area contributed by atoms with Crippen molar-refractivity contribution in [1.82, 2.24) is 20.2 Å². The van der Waals surface area contributed by atoms with E-state index < -0.39 is 17.6 Å². The Labute approximate surface area is 110 Å². The van der Waals surface area contributed by atoms with E-state index in [2.05, 4.69) is 15.5 Å². The van der Waals surface area contributed by atoms with Crippen LogP contribution in [0, 0.1) is 11.6 Å². The number of carbonyl (C=O) groups is 1. The van der Waals surface area contributed by atoms with Gasteiger partial charge in [-0.2, -0.15) is 0 Å². The zero-order valence-corrected chi connectivity index (χ0v) is 10.3. The molecule has 19 heavy (non-hydrogen) atoms. The molecule has 0 unspecified atom stereocenters. The van der Waals surface area contributed by atoms with E-state index in [4.69, 9.17) is 5.11 Å². The van der Waals surface area contributed by atoms with Crippen LogP contribution in [-0.2, 0) is 17.1 Å². The van der Waals surface area contributed by atoms with Gasteiger partial charge < -0.3 is 5.11 Å². The maximum absolute atomic E-state index is 13.0. The van der Waals surface area contributed by atoms with Gasteiger partial charge in [0.05, 0.1) is 0 Å². The van der Waals surface area contributed by atoms with Crippen LogP contribution in [0.3, 0.4) is 0 Å². The summed E-state index contributed by atoms with van der Waals surface area (Å²) < 4.78 is 27.0. The van der Waals surface area contributed by atoms with Crippen LogP contribution >= 0.6 is 11.8 Å². The number of nitrogens with zero attached hydrogens (tertiary/aromatic N) is 4. The molecule has 100 valence electrons. The van der Waals surface area contributed by atoms with Gasteiger partial charge >= 0.3 is 5.97 Å². The molecule has 0 aliphatic heterocycles. The van der Waals surface area contributed by atoms with Gasteiger partial charge in [-0.3, -0.25) is 4.79 Å². The Morgan fingerprint density at radius 3 is 2.63 bits per heavy atom. The topological polar surface area (TPSA) is 80.9 Å². The van der Waals surface area contributed by atoms with E-state index >= 15 is 0 Å². The minimum atomic E-state index is -1.08. The Morgan fingerprint density at radius 1 is 1.32 bits per heavy atom. The van der Waals surface area contributed by atoms with E-state index in [1.54, 1.807) is 0 Å². The number of benzene rings is 1. The lowest BCUT2D eigenvalue weighted by atomic mass is 10.2. The van der Waals surface area contributed by atoms with E-state index in [0.29, 0.717) is 5.56 Å². The second-order valence-electron chi connectivity index (χ2n) is 3.58. The summed E-state index contributed by atoms with van der Waals surface area (Å²) in [4.78, 5) is 10.6. The number of aromatic nitrogens is 4. The molecule has 6 nitrogen and oxygen atoms in total. The van der Waals surface area contributed by atoms with Crippen LogP contribution in [-0.4, -0.2) is 31.3 Å². The first kappa shape index (κ1) is 13.4. The van der Waals surface area contributed by atoms with Crippen molar-refractivity contribution in [3.05, 3.63) is 35.4 Å². The van der Waals surface area contributed by atoms with E-state index in [1.807, 2.05) is 0 Å². The van der Waals surface area contributed by atoms with E-state index in [9.17, 15) is 13.6 Å². The van der Waals surface area contributed by atoms with Crippen LogP contribution in [0.4, 0.5) is 8.78 Å². The first-order valence-electron chi connectivity index (χ1n) is 5.10. The summed E-state index contributed by atoms with van der Waals surface area (Å²) in [6, 6.07) is 3.17. The summed E-state index contributed by atoms with van der Waals surface area (Å²) in [5, 5.41) is 19.4. The first-order valence-corrected chi connectivity index (χ1v) is 6.09. The minimum absolute atomic E-state index is 0.231. The molecular formula is C10H8F2N4O2S. The number of thioether (sulfide) groups is 1. The summed E-state index contributed by atoms with van der Waals surface area (Å²) in [6.07, 6.45) is 0. The second kappa shape index (κ2) is 5.74. The highest BCUT2D eigenvalue weighted by Crippen LogP contribution is 2.21. The second-order valence-corrected chi connectivity index (χ2v) is 4.52. The lowest BCUT2D eigenvalue weighted by Gasteiger charge is -2.02. The molecule has 0 fully saturated rings. The van der Waals surface area contributed by atoms with Crippen LogP contribution < -0.4 is 0 Å². The molecule has 9 heteroatoms. The predicted molar refractivity (Wildman–Crippen MR) is 61.4 cm³/mol. The highest BCUT2D eigenvalue weighted by atomic mass is 32.2. The maximum Gasteiger partial charge on any atom is 0.325 e. The lowest BCUT2D eigenvalue weighted by molar-refractivity contribution is -0.138. The molecule has 0 radical (unpaired) electrons. The van der Waals surface area contributed by atoms with E-state index in [-0.39, 0.29) is 17.5 Å². The number of halogens is 2. The lowest BCUT2D eigenvalue weighted by Crippen LogP contribution is -2.11. The Morgan fingerprint density at radius 2 is 2.00 bits per heavy atom. The minimum Gasteiger partial charge on any atom is -0.480 e. The van der Waals surface area contributed by atoms with Crippen molar-refractivity contribution in [2.75, 3.05) is 0 Å². The average Bonchev–Trinajstić information content (AvgIpc) is 2.71. The van der Waals surface area contributed by atoms with Crippen molar-refractivity contribution in [1.29, 1.82) is 0 Å². The number of carboxylic acid groups (broad SMARTS) is 1. The molecule has 0 spiro atoms. The normalized spacial score (nSPS) is 10.6. The van der Waals surface area contributed by atoms with Crippen molar-refractivity contribution >= 4 is 17.7 Å². The standard InChI is InChI=1S/C10H8F2N4O2S/c11-7-1-6(2-8(12)3-7)5-19-10-13-14-15-16(10)4-9(17)18/h1-3H,4-5H2,(H,17,18). The first-order chi connectivity index (χ1) is 9.04. The Kier molecular flexibility index (Phi) is 4.05. The van der Waals surface area contributed by atoms with Crippen molar-refractivity contribution in [2.45, 2.75) is 17.5 Å². The van der Waals surface area contributed by atoms with Crippen molar-refractivity contribution in [3.63, 3.8) is 0 Å². The van der Waals surface area contributed by atoms with Crippen molar-refractivity contribution in [3.8, 4) is 0 Å². The molecule has 0 saturated heterocycles. The molecule has 1 aromatic carbocycles. The molecule has 1 aromatic heterocycles. The monoisotopic (exact) mass is 286 g/mol. The van der Waals surface area contributed by atoms with Gasteiger partial charge in [-0.05, 0) is 28.1 Å². The van der Waals surface area contributed by atoms with Gasteiger partial charge in [-0.15, -0.1) is 5.10 Å². The van der Waals surface area contributed by atoms with E-state index in [0.717, 1.165) is 22.5 Å². The largest absolute Gasteiger partial charge is 0.480 e. The smallest absolute Gasteiger partial charge is 0.325 e. The zero-order chi connectivity index (χ0) is 13.8. The van der Waals surface area contributed by atoms with Gasteiger partial charge in [0.15, 0.2) is 0 Å². The Hall–Kier alpha value is -2.03. The highest BCUT2D eigenvalue weighted by Gasteiger charge is 2.10. The highest BCUT2D eigenvalue weighted by molar-refractivity contribution is 7.98. The van der Waals surface area contributed by atoms with Gasteiger partial charge in [0.2, 0.25) is 5.16 Å². The average molecular weight is 286 g/mol. The van der Waals surface area contributed by atoms with Crippen molar-refractivity contribution in [2.24, 2.45) is 0 Å². The zero-order valence-electron chi connectivity index (χ0n) is 9.45. The van der Waals surface area contributed by atoms with Gasteiger partial charge in [-0.25, -0.2) is 13.5 Å². The Balaban J connectivity index is 2.06. The van der Waals surface area contributed by atoms with Crippen LogP contribution in [0.5, 0.6) is 0 Å². The molecule has 0 amide bonds. The molecule has 0 saturated carbocycles. The molecule has 2 rings (SSSR count). The molecular weight excluding hydrogens is 278 g/mol. The number of rotatable bonds is 5. The third kappa shape index (κ3) is 3.71. The number of tetrazole rings is 1. The molecule has 0 atom stereocenters. The fourth-order valence-electron chi connectivity index (χ4n) is 1.37. The molecule has 0 aliphatic carbocycles. The van der Waals surface area contributed by atoms with Crippen LogP contribution in [0.15, 0.2) is 23.4 Å². The van der Waals surface area contributed by atoms with Gasteiger partial charge in [0.25, 0.3) is 0 Å². The SMILES string of the molecule is O=C(O)Cn1nnnc1SCc1cc(F)cc(F)c1.